The molecule has 2 fully saturated rings. The Morgan fingerprint density at radius 2 is 2.00 bits per heavy atom. The summed E-state index contributed by atoms with van der Waals surface area (Å²) in [5.74, 6) is 0. The van der Waals surface area contributed by atoms with Crippen LogP contribution in [0.2, 0.25) is 19.6 Å². The van der Waals surface area contributed by atoms with Crippen LogP contribution in [0.4, 0.5) is 0 Å². The molecule has 0 aromatic rings. The topological polar surface area (TPSA) is 21.8 Å². The number of fused-ring (bicyclic) bond motifs is 1. The molecule has 2 nitrogen and oxygen atoms in total. The largest absolute Gasteiger partial charge is 0.412 e. The zero-order valence-corrected chi connectivity index (χ0v) is 9.17. The standard InChI is InChI=1S/C9H18O2Si/c1-12(2,3)11-8-6-4-5-7-9(8)10-7/h7-9H,4-6H2,1-3H3/t7-,8+,9-/m0/s1. The van der Waals surface area contributed by atoms with Crippen molar-refractivity contribution < 1.29 is 9.16 Å². The van der Waals surface area contributed by atoms with E-state index in [0.29, 0.717) is 18.3 Å². The van der Waals surface area contributed by atoms with E-state index in [1.165, 1.54) is 19.3 Å². The first-order valence-electron chi connectivity index (χ1n) is 4.89. The van der Waals surface area contributed by atoms with Crippen LogP contribution >= 0.6 is 0 Å². The molecule has 3 atom stereocenters. The first-order chi connectivity index (χ1) is 5.56. The van der Waals surface area contributed by atoms with E-state index in [1.807, 2.05) is 0 Å². The van der Waals surface area contributed by atoms with Crippen LogP contribution in [0.1, 0.15) is 19.3 Å². The number of rotatable bonds is 2. The minimum atomic E-state index is -1.34. The minimum absolute atomic E-state index is 0.426. The van der Waals surface area contributed by atoms with Gasteiger partial charge in [-0.25, -0.2) is 0 Å². The van der Waals surface area contributed by atoms with Gasteiger partial charge in [0, 0.05) is 0 Å². The van der Waals surface area contributed by atoms with Crippen molar-refractivity contribution in [2.45, 2.75) is 57.2 Å². The Bertz CT molecular complexity index is 176. The molecule has 2 rings (SSSR count). The molecule has 1 heterocycles. The molecule has 0 bridgehead atoms. The van der Waals surface area contributed by atoms with Crippen LogP contribution in [0, 0.1) is 0 Å². The van der Waals surface area contributed by atoms with Crippen molar-refractivity contribution >= 4 is 8.32 Å². The molecule has 0 unspecified atom stereocenters. The minimum Gasteiger partial charge on any atom is -0.412 e. The Labute approximate surface area is 75.4 Å². The summed E-state index contributed by atoms with van der Waals surface area (Å²) in [6, 6.07) is 0. The van der Waals surface area contributed by atoms with Crippen LogP contribution in [0.15, 0.2) is 0 Å². The molecule has 1 aliphatic heterocycles. The van der Waals surface area contributed by atoms with Crippen LogP contribution in [0.3, 0.4) is 0 Å². The fourth-order valence-corrected chi connectivity index (χ4v) is 3.14. The highest BCUT2D eigenvalue weighted by Crippen LogP contribution is 2.39. The van der Waals surface area contributed by atoms with Crippen LogP contribution in [-0.2, 0) is 9.16 Å². The van der Waals surface area contributed by atoms with E-state index in [2.05, 4.69) is 19.6 Å². The van der Waals surface area contributed by atoms with Gasteiger partial charge >= 0.3 is 0 Å². The summed E-state index contributed by atoms with van der Waals surface area (Å²) >= 11 is 0. The zero-order valence-electron chi connectivity index (χ0n) is 8.17. The van der Waals surface area contributed by atoms with Crippen molar-refractivity contribution in [3.05, 3.63) is 0 Å². The molecular formula is C9H18O2Si. The average Bonchev–Trinajstić information content (AvgIpc) is 2.62. The van der Waals surface area contributed by atoms with Gasteiger partial charge in [0.1, 0.15) is 6.10 Å². The van der Waals surface area contributed by atoms with E-state index < -0.39 is 8.32 Å². The van der Waals surface area contributed by atoms with Crippen LogP contribution in [0.5, 0.6) is 0 Å². The maximum atomic E-state index is 6.05. The molecule has 0 N–H and O–H groups in total. The van der Waals surface area contributed by atoms with Crippen LogP contribution < -0.4 is 0 Å². The third kappa shape index (κ3) is 1.89. The SMILES string of the molecule is C[Si](C)(C)O[C@@H]1CCC[C@@H]2O[C@@H]21. The van der Waals surface area contributed by atoms with Crippen molar-refractivity contribution in [2.75, 3.05) is 0 Å². The maximum Gasteiger partial charge on any atom is 0.184 e. The lowest BCUT2D eigenvalue weighted by atomic mass is 9.98. The Balaban J connectivity index is 1.87. The molecule has 0 amide bonds. The van der Waals surface area contributed by atoms with Gasteiger partial charge in [0.25, 0.3) is 0 Å². The monoisotopic (exact) mass is 186 g/mol. The van der Waals surface area contributed by atoms with Gasteiger partial charge in [0.05, 0.1) is 12.2 Å². The van der Waals surface area contributed by atoms with E-state index in [1.54, 1.807) is 0 Å². The van der Waals surface area contributed by atoms with Crippen molar-refractivity contribution in [1.82, 2.24) is 0 Å². The summed E-state index contributed by atoms with van der Waals surface area (Å²) < 4.78 is 11.6. The predicted molar refractivity (Wildman–Crippen MR) is 50.7 cm³/mol. The molecule has 0 aromatic carbocycles. The van der Waals surface area contributed by atoms with Crippen LogP contribution in [0.25, 0.3) is 0 Å². The lowest BCUT2D eigenvalue weighted by molar-refractivity contribution is 0.141. The first kappa shape index (κ1) is 8.72. The van der Waals surface area contributed by atoms with E-state index in [9.17, 15) is 0 Å². The van der Waals surface area contributed by atoms with Gasteiger partial charge in [-0.3, -0.25) is 0 Å². The second-order valence-corrected chi connectivity index (χ2v) is 9.30. The summed E-state index contributed by atoms with van der Waals surface area (Å²) in [5.41, 5.74) is 0. The number of epoxide rings is 1. The summed E-state index contributed by atoms with van der Waals surface area (Å²) in [5, 5.41) is 0. The van der Waals surface area contributed by atoms with Gasteiger partial charge in [-0.1, -0.05) is 0 Å². The van der Waals surface area contributed by atoms with Gasteiger partial charge in [-0.2, -0.15) is 0 Å². The fraction of sp³-hybridized carbons (Fsp3) is 1.00. The molecule has 2 aliphatic rings. The summed E-state index contributed by atoms with van der Waals surface area (Å²) in [4.78, 5) is 0. The van der Waals surface area contributed by atoms with E-state index in [-0.39, 0.29) is 0 Å². The number of hydrogen-bond donors (Lipinski definition) is 0. The van der Waals surface area contributed by atoms with E-state index in [0.717, 1.165) is 0 Å². The molecule has 0 aromatic heterocycles. The summed E-state index contributed by atoms with van der Waals surface area (Å²) in [6.45, 7) is 6.75. The smallest absolute Gasteiger partial charge is 0.184 e. The summed E-state index contributed by atoms with van der Waals surface area (Å²) in [6.07, 6.45) is 5.21. The zero-order chi connectivity index (χ0) is 8.77. The highest BCUT2D eigenvalue weighted by Gasteiger charge is 2.48. The Hall–Kier alpha value is 0.137. The lowest BCUT2D eigenvalue weighted by Crippen LogP contribution is -2.36. The van der Waals surface area contributed by atoms with Crippen molar-refractivity contribution in [2.24, 2.45) is 0 Å². The van der Waals surface area contributed by atoms with Crippen molar-refractivity contribution in [1.29, 1.82) is 0 Å². The molecule has 70 valence electrons. The number of ether oxygens (including phenoxy) is 1. The normalized spacial score (nSPS) is 40.8. The highest BCUT2D eigenvalue weighted by atomic mass is 28.4. The van der Waals surface area contributed by atoms with Gasteiger partial charge < -0.3 is 9.16 Å². The van der Waals surface area contributed by atoms with Gasteiger partial charge in [-0.15, -0.1) is 0 Å². The molecule has 1 aliphatic carbocycles. The van der Waals surface area contributed by atoms with Crippen molar-refractivity contribution in [3.8, 4) is 0 Å². The molecule has 1 saturated heterocycles. The van der Waals surface area contributed by atoms with Gasteiger partial charge in [0.2, 0.25) is 0 Å². The van der Waals surface area contributed by atoms with E-state index >= 15 is 0 Å². The Morgan fingerprint density at radius 3 is 2.67 bits per heavy atom. The molecule has 12 heavy (non-hydrogen) atoms. The van der Waals surface area contributed by atoms with Gasteiger partial charge in [0.15, 0.2) is 8.32 Å². The number of hydrogen-bond acceptors (Lipinski definition) is 2. The second-order valence-electron chi connectivity index (χ2n) is 4.84. The lowest BCUT2D eigenvalue weighted by Gasteiger charge is -2.27. The molecule has 1 saturated carbocycles. The molecule has 0 radical (unpaired) electrons. The van der Waals surface area contributed by atoms with E-state index in [4.69, 9.17) is 9.16 Å². The fourth-order valence-electron chi connectivity index (χ4n) is 1.98. The molecule has 3 heteroatoms. The van der Waals surface area contributed by atoms with Gasteiger partial charge in [-0.05, 0) is 38.9 Å². The first-order valence-corrected chi connectivity index (χ1v) is 8.30. The Kier molecular flexibility index (Phi) is 2.05. The average molecular weight is 186 g/mol. The maximum absolute atomic E-state index is 6.05. The second kappa shape index (κ2) is 2.82. The Morgan fingerprint density at radius 1 is 1.25 bits per heavy atom. The highest BCUT2D eigenvalue weighted by molar-refractivity contribution is 6.69. The quantitative estimate of drug-likeness (QED) is 0.487. The molecule has 0 spiro atoms. The third-order valence-corrected chi connectivity index (χ3v) is 3.48. The third-order valence-electron chi connectivity index (χ3n) is 2.47. The summed E-state index contributed by atoms with van der Waals surface area (Å²) in [7, 11) is -1.34. The van der Waals surface area contributed by atoms with Crippen LogP contribution in [-0.4, -0.2) is 26.6 Å². The molecular weight excluding hydrogens is 168 g/mol. The predicted octanol–water partition coefficient (Wildman–Crippen LogP) is 2.16. The van der Waals surface area contributed by atoms with Crippen molar-refractivity contribution in [3.63, 3.8) is 0 Å².